The van der Waals surface area contributed by atoms with Crippen LogP contribution in [0.2, 0.25) is 0 Å². The lowest BCUT2D eigenvalue weighted by atomic mass is 10.0. The molecular weight excluding hydrogens is 164 g/mol. The van der Waals surface area contributed by atoms with E-state index >= 15 is 0 Å². The molecule has 1 rings (SSSR count). The molecule has 0 aliphatic rings. The summed E-state index contributed by atoms with van der Waals surface area (Å²) < 4.78 is 0. The highest BCUT2D eigenvalue weighted by atomic mass is 32.1. The van der Waals surface area contributed by atoms with Crippen molar-refractivity contribution >= 4 is 12.6 Å². The average molecular weight is 180 g/mol. The molecular formula is C11H16S. The van der Waals surface area contributed by atoms with Gasteiger partial charge in [-0.1, -0.05) is 37.3 Å². The molecule has 0 amide bonds. The van der Waals surface area contributed by atoms with Gasteiger partial charge in [0.05, 0.1) is 0 Å². The zero-order valence-electron chi connectivity index (χ0n) is 7.53. The molecule has 1 aromatic carbocycles. The first-order valence-electron chi connectivity index (χ1n) is 4.47. The van der Waals surface area contributed by atoms with Gasteiger partial charge < -0.3 is 0 Å². The Morgan fingerprint density at radius 1 is 1.25 bits per heavy atom. The number of aryl methyl sites for hydroxylation is 1. The summed E-state index contributed by atoms with van der Waals surface area (Å²) in [5.74, 6) is 1.72. The summed E-state index contributed by atoms with van der Waals surface area (Å²) in [6.07, 6.45) is 2.43. The third-order valence-electron chi connectivity index (χ3n) is 2.08. The second-order valence-electron chi connectivity index (χ2n) is 3.31. The summed E-state index contributed by atoms with van der Waals surface area (Å²) >= 11 is 4.26. The topological polar surface area (TPSA) is 0 Å². The Kier molecular flexibility index (Phi) is 4.23. The van der Waals surface area contributed by atoms with Gasteiger partial charge in [-0.2, -0.15) is 12.6 Å². The summed E-state index contributed by atoms with van der Waals surface area (Å²) in [5.41, 5.74) is 1.44. The van der Waals surface area contributed by atoms with Crippen LogP contribution in [0.15, 0.2) is 30.3 Å². The zero-order chi connectivity index (χ0) is 8.81. The maximum absolute atomic E-state index is 4.26. The Balaban J connectivity index is 2.33. The van der Waals surface area contributed by atoms with E-state index in [0.29, 0.717) is 0 Å². The van der Waals surface area contributed by atoms with Crippen molar-refractivity contribution in [1.29, 1.82) is 0 Å². The highest BCUT2D eigenvalue weighted by Gasteiger charge is 1.98. The van der Waals surface area contributed by atoms with Crippen LogP contribution in [0.5, 0.6) is 0 Å². The lowest BCUT2D eigenvalue weighted by Gasteiger charge is -2.06. The largest absolute Gasteiger partial charge is 0.179 e. The van der Waals surface area contributed by atoms with Gasteiger partial charge in [-0.3, -0.25) is 0 Å². The van der Waals surface area contributed by atoms with E-state index in [9.17, 15) is 0 Å². The molecule has 0 aromatic heterocycles. The second-order valence-corrected chi connectivity index (χ2v) is 3.68. The van der Waals surface area contributed by atoms with Gasteiger partial charge in [0, 0.05) is 0 Å². The van der Waals surface area contributed by atoms with E-state index in [0.717, 1.165) is 11.7 Å². The molecule has 1 atom stereocenters. The van der Waals surface area contributed by atoms with E-state index in [1.807, 2.05) is 0 Å². The van der Waals surface area contributed by atoms with Crippen molar-refractivity contribution in [2.45, 2.75) is 19.8 Å². The van der Waals surface area contributed by atoms with Crippen LogP contribution in [0.25, 0.3) is 0 Å². The molecule has 0 heterocycles. The SMILES string of the molecule is CC(CS)CCc1ccccc1. The Labute approximate surface area is 80.4 Å². The van der Waals surface area contributed by atoms with Gasteiger partial charge in [-0.25, -0.2) is 0 Å². The molecule has 1 unspecified atom stereocenters. The van der Waals surface area contributed by atoms with Crippen molar-refractivity contribution in [3.05, 3.63) is 35.9 Å². The standard InChI is InChI=1S/C11H16S/c1-10(9-12)7-8-11-5-3-2-4-6-11/h2-6,10,12H,7-9H2,1H3. The predicted molar refractivity (Wildman–Crippen MR) is 57.8 cm³/mol. The summed E-state index contributed by atoms with van der Waals surface area (Å²) in [5, 5.41) is 0. The zero-order valence-corrected chi connectivity index (χ0v) is 8.43. The molecule has 12 heavy (non-hydrogen) atoms. The second kappa shape index (κ2) is 5.26. The molecule has 0 aliphatic heterocycles. The molecule has 0 spiro atoms. The molecule has 66 valence electrons. The van der Waals surface area contributed by atoms with Crippen LogP contribution in [0.1, 0.15) is 18.9 Å². The molecule has 0 saturated heterocycles. The lowest BCUT2D eigenvalue weighted by molar-refractivity contribution is 0.597. The first-order chi connectivity index (χ1) is 5.83. The van der Waals surface area contributed by atoms with Gasteiger partial charge in [0.2, 0.25) is 0 Å². The molecule has 1 heteroatoms. The van der Waals surface area contributed by atoms with Crippen LogP contribution < -0.4 is 0 Å². The first kappa shape index (κ1) is 9.66. The molecule has 0 bridgehead atoms. The van der Waals surface area contributed by atoms with E-state index in [1.54, 1.807) is 0 Å². The van der Waals surface area contributed by atoms with E-state index < -0.39 is 0 Å². The molecule has 0 fully saturated rings. The fourth-order valence-electron chi connectivity index (χ4n) is 1.15. The van der Waals surface area contributed by atoms with Crippen molar-refractivity contribution < 1.29 is 0 Å². The van der Waals surface area contributed by atoms with Crippen LogP contribution in [-0.2, 0) is 6.42 Å². The van der Waals surface area contributed by atoms with Crippen LogP contribution >= 0.6 is 12.6 Å². The van der Waals surface area contributed by atoms with Crippen molar-refractivity contribution in [1.82, 2.24) is 0 Å². The number of thiol groups is 1. The average Bonchev–Trinajstić information content (AvgIpc) is 2.16. The highest BCUT2D eigenvalue weighted by Crippen LogP contribution is 2.09. The molecule has 0 saturated carbocycles. The third kappa shape index (κ3) is 3.31. The van der Waals surface area contributed by atoms with E-state index in [1.165, 1.54) is 18.4 Å². The van der Waals surface area contributed by atoms with Crippen LogP contribution in [0.4, 0.5) is 0 Å². The number of benzene rings is 1. The highest BCUT2D eigenvalue weighted by molar-refractivity contribution is 7.80. The summed E-state index contributed by atoms with van der Waals surface area (Å²) in [7, 11) is 0. The minimum atomic E-state index is 0.730. The van der Waals surface area contributed by atoms with Gasteiger partial charge in [-0.05, 0) is 30.1 Å². The van der Waals surface area contributed by atoms with E-state index in [2.05, 4.69) is 49.9 Å². The number of hydrogen-bond donors (Lipinski definition) is 1. The lowest BCUT2D eigenvalue weighted by Crippen LogP contribution is -1.98. The summed E-state index contributed by atoms with van der Waals surface area (Å²) in [6.45, 7) is 2.25. The molecule has 1 aromatic rings. The van der Waals surface area contributed by atoms with Crippen LogP contribution in [0, 0.1) is 5.92 Å². The normalized spacial score (nSPS) is 12.8. The molecule has 0 aliphatic carbocycles. The Hall–Kier alpha value is -0.430. The van der Waals surface area contributed by atoms with Gasteiger partial charge in [0.1, 0.15) is 0 Å². The maximum atomic E-state index is 4.26. The Morgan fingerprint density at radius 2 is 1.92 bits per heavy atom. The van der Waals surface area contributed by atoms with Gasteiger partial charge in [-0.15, -0.1) is 0 Å². The Morgan fingerprint density at radius 3 is 2.50 bits per heavy atom. The molecule has 0 nitrogen and oxygen atoms in total. The van der Waals surface area contributed by atoms with Gasteiger partial charge >= 0.3 is 0 Å². The van der Waals surface area contributed by atoms with Gasteiger partial charge in [0.15, 0.2) is 0 Å². The smallest absolute Gasteiger partial charge is 0.00720 e. The van der Waals surface area contributed by atoms with Crippen LogP contribution in [0.3, 0.4) is 0 Å². The fourth-order valence-corrected chi connectivity index (χ4v) is 1.33. The molecule has 0 N–H and O–H groups in total. The maximum Gasteiger partial charge on any atom is -0.00720 e. The summed E-state index contributed by atoms with van der Waals surface area (Å²) in [4.78, 5) is 0. The minimum Gasteiger partial charge on any atom is -0.179 e. The number of hydrogen-bond acceptors (Lipinski definition) is 1. The van der Waals surface area contributed by atoms with E-state index in [4.69, 9.17) is 0 Å². The third-order valence-corrected chi connectivity index (χ3v) is 2.70. The monoisotopic (exact) mass is 180 g/mol. The fraction of sp³-hybridized carbons (Fsp3) is 0.455. The van der Waals surface area contributed by atoms with Crippen molar-refractivity contribution in [3.8, 4) is 0 Å². The van der Waals surface area contributed by atoms with Crippen LogP contribution in [-0.4, -0.2) is 5.75 Å². The molecule has 0 radical (unpaired) electrons. The minimum absolute atomic E-state index is 0.730. The quantitative estimate of drug-likeness (QED) is 0.676. The summed E-state index contributed by atoms with van der Waals surface area (Å²) in [6, 6.07) is 10.6. The first-order valence-corrected chi connectivity index (χ1v) is 5.11. The number of rotatable bonds is 4. The van der Waals surface area contributed by atoms with Crippen molar-refractivity contribution in [2.75, 3.05) is 5.75 Å². The van der Waals surface area contributed by atoms with E-state index in [-0.39, 0.29) is 0 Å². The Bertz CT molecular complexity index is 206. The van der Waals surface area contributed by atoms with Gasteiger partial charge in [0.25, 0.3) is 0 Å². The van der Waals surface area contributed by atoms with Crippen molar-refractivity contribution in [2.24, 2.45) is 5.92 Å². The van der Waals surface area contributed by atoms with Crippen molar-refractivity contribution in [3.63, 3.8) is 0 Å². The predicted octanol–water partition coefficient (Wildman–Crippen LogP) is 3.19.